The summed E-state index contributed by atoms with van der Waals surface area (Å²) in [5.74, 6) is 1.31. The summed E-state index contributed by atoms with van der Waals surface area (Å²) < 4.78 is 24.8. The van der Waals surface area contributed by atoms with Crippen LogP contribution >= 0.6 is 0 Å². The van der Waals surface area contributed by atoms with Crippen LogP contribution in [-0.4, -0.2) is 18.9 Å². The molecule has 1 aliphatic carbocycles. The summed E-state index contributed by atoms with van der Waals surface area (Å²) in [7, 11) is -2.88. The molecule has 0 aromatic heterocycles. The highest BCUT2D eigenvalue weighted by molar-refractivity contribution is 7.92. The van der Waals surface area contributed by atoms with Gasteiger partial charge in [-0.2, -0.15) is 0 Å². The minimum atomic E-state index is -2.88. The summed E-state index contributed by atoms with van der Waals surface area (Å²) >= 11 is 0. The van der Waals surface area contributed by atoms with Gasteiger partial charge in [0, 0.05) is 0 Å². The zero-order valence-corrected chi connectivity index (χ0v) is 12.6. The van der Waals surface area contributed by atoms with Crippen molar-refractivity contribution < 1.29 is 8.42 Å². The van der Waals surface area contributed by atoms with E-state index in [1.54, 1.807) is 0 Å². The fourth-order valence-corrected chi connectivity index (χ4v) is 4.67. The Bertz CT molecular complexity index is 311. The zero-order chi connectivity index (χ0) is 13.1. The van der Waals surface area contributed by atoms with E-state index in [1.165, 1.54) is 0 Å². The van der Waals surface area contributed by atoms with Gasteiger partial charge in [0.2, 0.25) is 0 Å². The normalized spacial score (nSPS) is 28.3. The number of sulfone groups is 1. The first-order chi connectivity index (χ1) is 7.84. The molecule has 0 saturated heterocycles. The summed E-state index contributed by atoms with van der Waals surface area (Å²) in [4.78, 5) is 0. The van der Waals surface area contributed by atoms with Crippen molar-refractivity contribution in [2.75, 3.05) is 0 Å². The molecule has 1 rings (SSSR count). The van der Waals surface area contributed by atoms with Gasteiger partial charge in [-0.3, -0.25) is 0 Å². The number of hydrogen-bond acceptors (Lipinski definition) is 2. The van der Waals surface area contributed by atoms with Gasteiger partial charge in [-0.1, -0.05) is 20.8 Å². The molecule has 0 aliphatic heterocycles. The van der Waals surface area contributed by atoms with Crippen LogP contribution in [0, 0.1) is 11.8 Å². The summed E-state index contributed by atoms with van der Waals surface area (Å²) in [6, 6.07) is 0. The van der Waals surface area contributed by atoms with E-state index in [9.17, 15) is 8.42 Å². The Morgan fingerprint density at radius 2 is 1.53 bits per heavy atom. The molecular formula is C14H28O2S. The van der Waals surface area contributed by atoms with Crippen LogP contribution in [0.5, 0.6) is 0 Å². The molecule has 0 amide bonds. The van der Waals surface area contributed by atoms with Gasteiger partial charge >= 0.3 is 0 Å². The predicted molar refractivity (Wildman–Crippen MR) is 73.9 cm³/mol. The Morgan fingerprint density at radius 3 is 2.00 bits per heavy atom. The standard InChI is InChI=1S/C14H28O2S/c1-11(2)5-8-13(4)17(15,16)14-9-6-12(3)7-10-14/h11-14H,5-10H2,1-4H3. The van der Waals surface area contributed by atoms with Crippen LogP contribution in [0.2, 0.25) is 0 Å². The molecule has 0 radical (unpaired) electrons. The molecule has 3 heteroatoms. The highest BCUT2D eigenvalue weighted by Crippen LogP contribution is 2.31. The molecule has 1 aliphatic rings. The van der Waals surface area contributed by atoms with E-state index in [2.05, 4.69) is 20.8 Å². The van der Waals surface area contributed by atoms with E-state index in [0.29, 0.717) is 11.8 Å². The summed E-state index contributed by atoms with van der Waals surface area (Å²) in [5, 5.41) is -0.204. The van der Waals surface area contributed by atoms with E-state index >= 15 is 0 Å². The van der Waals surface area contributed by atoms with Crippen LogP contribution in [0.15, 0.2) is 0 Å². The van der Waals surface area contributed by atoms with Gasteiger partial charge in [0.15, 0.2) is 9.84 Å². The van der Waals surface area contributed by atoms with Crippen molar-refractivity contribution in [2.24, 2.45) is 11.8 Å². The highest BCUT2D eigenvalue weighted by Gasteiger charge is 2.33. The van der Waals surface area contributed by atoms with E-state index in [1.807, 2.05) is 6.92 Å². The van der Waals surface area contributed by atoms with E-state index in [4.69, 9.17) is 0 Å². The second-order valence-electron chi connectivity index (χ2n) is 6.25. The summed E-state index contributed by atoms with van der Waals surface area (Å²) in [6.07, 6.45) is 5.78. The molecule has 1 unspecified atom stereocenters. The van der Waals surface area contributed by atoms with Gasteiger partial charge < -0.3 is 0 Å². The van der Waals surface area contributed by atoms with Crippen molar-refractivity contribution in [3.63, 3.8) is 0 Å². The Kier molecular flexibility index (Phi) is 5.49. The van der Waals surface area contributed by atoms with Crippen LogP contribution in [0.25, 0.3) is 0 Å². The van der Waals surface area contributed by atoms with Crippen molar-refractivity contribution >= 4 is 9.84 Å². The molecule has 1 fully saturated rings. The summed E-state index contributed by atoms with van der Waals surface area (Å²) in [6.45, 7) is 8.43. The molecule has 2 nitrogen and oxygen atoms in total. The van der Waals surface area contributed by atoms with Crippen molar-refractivity contribution in [2.45, 2.75) is 76.7 Å². The molecule has 0 aromatic rings. The third-order valence-corrected chi connectivity index (χ3v) is 6.90. The van der Waals surface area contributed by atoms with Gasteiger partial charge in [0.25, 0.3) is 0 Å². The minimum Gasteiger partial charge on any atom is -0.228 e. The van der Waals surface area contributed by atoms with Crippen LogP contribution < -0.4 is 0 Å². The lowest BCUT2D eigenvalue weighted by molar-refractivity contribution is 0.380. The first kappa shape index (κ1) is 15.0. The third kappa shape index (κ3) is 4.27. The predicted octanol–water partition coefficient (Wildman–Crippen LogP) is 3.80. The van der Waals surface area contributed by atoms with Crippen molar-refractivity contribution in [3.05, 3.63) is 0 Å². The monoisotopic (exact) mass is 260 g/mol. The van der Waals surface area contributed by atoms with Crippen LogP contribution in [0.1, 0.15) is 66.2 Å². The second-order valence-corrected chi connectivity index (χ2v) is 8.90. The molecular weight excluding hydrogens is 232 g/mol. The topological polar surface area (TPSA) is 34.1 Å². The largest absolute Gasteiger partial charge is 0.228 e. The quantitative estimate of drug-likeness (QED) is 0.753. The molecule has 0 N–H and O–H groups in total. The maximum Gasteiger partial charge on any atom is 0.155 e. The van der Waals surface area contributed by atoms with Crippen LogP contribution in [0.4, 0.5) is 0 Å². The summed E-state index contributed by atoms with van der Waals surface area (Å²) in [5.41, 5.74) is 0. The second kappa shape index (κ2) is 6.21. The average Bonchev–Trinajstić information content (AvgIpc) is 2.26. The van der Waals surface area contributed by atoms with Crippen molar-refractivity contribution in [1.82, 2.24) is 0 Å². The Balaban J connectivity index is 2.55. The van der Waals surface area contributed by atoms with E-state index in [0.717, 1.165) is 38.5 Å². The molecule has 102 valence electrons. The number of rotatable bonds is 5. The molecule has 1 atom stereocenters. The third-order valence-electron chi connectivity index (χ3n) is 4.14. The fraction of sp³-hybridized carbons (Fsp3) is 1.00. The first-order valence-electron chi connectivity index (χ1n) is 7.06. The lowest BCUT2D eigenvalue weighted by Gasteiger charge is -2.28. The molecule has 1 saturated carbocycles. The zero-order valence-electron chi connectivity index (χ0n) is 11.8. The van der Waals surface area contributed by atoms with Gasteiger partial charge in [0.1, 0.15) is 0 Å². The van der Waals surface area contributed by atoms with Crippen molar-refractivity contribution in [1.29, 1.82) is 0 Å². The fourth-order valence-electron chi connectivity index (χ4n) is 2.62. The molecule has 0 aromatic carbocycles. The molecule has 17 heavy (non-hydrogen) atoms. The number of hydrogen-bond donors (Lipinski definition) is 0. The van der Waals surface area contributed by atoms with E-state index < -0.39 is 9.84 Å². The Labute approximate surface area is 107 Å². The van der Waals surface area contributed by atoms with E-state index in [-0.39, 0.29) is 10.5 Å². The Morgan fingerprint density at radius 1 is 1.00 bits per heavy atom. The van der Waals surface area contributed by atoms with Crippen LogP contribution in [0.3, 0.4) is 0 Å². The molecule has 0 spiro atoms. The average molecular weight is 260 g/mol. The lowest BCUT2D eigenvalue weighted by atomic mass is 9.91. The van der Waals surface area contributed by atoms with Gasteiger partial charge in [0.05, 0.1) is 10.5 Å². The van der Waals surface area contributed by atoms with Gasteiger partial charge in [-0.25, -0.2) is 8.42 Å². The van der Waals surface area contributed by atoms with Gasteiger partial charge in [-0.15, -0.1) is 0 Å². The lowest BCUT2D eigenvalue weighted by Crippen LogP contribution is -2.33. The Hall–Kier alpha value is -0.0500. The smallest absolute Gasteiger partial charge is 0.155 e. The molecule has 0 bridgehead atoms. The van der Waals surface area contributed by atoms with Gasteiger partial charge in [-0.05, 0) is 57.3 Å². The first-order valence-corrected chi connectivity index (χ1v) is 8.67. The van der Waals surface area contributed by atoms with Crippen LogP contribution in [-0.2, 0) is 9.84 Å². The minimum absolute atomic E-state index is 0.0548. The maximum absolute atomic E-state index is 12.4. The van der Waals surface area contributed by atoms with Crippen molar-refractivity contribution in [3.8, 4) is 0 Å². The molecule has 0 heterocycles. The SMILES string of the molecule is CC(C)CCC(C)S(=O)(=O)C1CCC(C)CC1. The highest BCUT2D eigenvalue weighted by atomic mass is 32.2. The maximum atomic E-state index is 12.4.